The largest absolute Gasteiger partial charge is 0.492 e. The Morgan fingerprint density at radius 1 is 1.00 bits per heavy atom. The number of methoxy groups -OCH3 is 3. The van der Waals surface area contributed by atoms with Gasteiger partial charge in [0.25, 0.3) is 0 Å². The molecule has 0 saturated carbocycles. The zero-order chi connectivity index (χ0) is 17.1. The van der Waals surface area contributed by atoms with E-state index in [0.717, 1.165) is 53.2 Å². The molecule has 0 atom stereocenters. The molecule has 4 nitrogen and oxygen atoms in total. The Hall–Kier alpha value is -2.01. The lowest BCUT2D eigenvalue weighted by molar-refractivity contribution is 0.313. The Morgan fingerprint density at radius 3 is 2.38 bits per heavy atom. The van der Waals surface area contributed by atoms with E-state index in [9.17, 15) is 0 Å². The zero-order valence-electron chi connectivity index (χ0n) is 14.2. The second-order valence-electron chi connectivity index (χ2n) is 5.60. The fraction of sp³-hybridized carbons (Fsp3) is 0.368. The Labute approximate surface area is 148 Å². The molecule has 1 heterocycles. The van der Waals surface area contributed by atoms with E-state index in [1.54, 1.807) is 21.3 Å². The van der Waals surface area contributed by atoms with Crippen LogP contribution >= 0.6 is 12.6 Å². The molecule has 1 aliphatic rings. The Kier molecular flexibility index (Phi) is 5.09. The van der Waals surface area contributed by atoms with Gasteiger partial charge < -0.3 is 18.9 Å². The summed E-state index contributed by atoms with van der Waals surface area (Å²) in [7, 11) is 4.92. The van der Waals surface area contributed by atoms with Gasteiger partial charge in [0.05, 0.1) is 21.3 Å². The van der Waals surface area contributed by atoms with Gasteiger partial charge in [-0.25, -0.2) is 0 Å². The van der Waals surface area contributed by atoms with Crippen LogP contribution in [0.1, 0.15) is 23.1 Å². The minimum absolute atomic E-state index is 0.621. The average molecular weight is 346 g/mol. The van der Waals surface area contributed by atoms with Crippen molar-refractivity contribution in [2.24, 2.45) is 0 Å². The molecule has 0 aromatic heterocycles. The number of hydrogen-bond donors (Lipinski definition) is 1. The summed E-state index contributed by atoms with van der Waals surface area (Å²) in [4.78, 5) is 0. The number of benzene rings is 2. The van der Waals surface area contributed by atoms with E-state index in [1.807, 2.05) is 18.2 Å². The van der Waals surface area contributed by atoms with Crippen molar-refractivity contribution in [1.29, 1.82) is 0 Å². The molecule has 3 rings (SSSR count). The molecule has 0 unspecified atom stereocenters. The minimum atomic E-state index is 0.621. The van der Waals surface area contributed by atoms with Gasteiger partial charge in [-0.15, -0.1) is 0 Å². The van der Waals surface area contributed by atoms with Crippen molar-refractivity contribution < 1.29 is 18.9 Å². The Morgan fingerprint density at radius 2 is 1.71 bits per heavy atom. The SMILES string of the molecule is COc1c(CCCS)c2c(c(OC)c1OC)Cc1ccccc1O2. The van der Waals surface area contributed by atoms with Crippen LogP contribution in [0.5, 0.6) is 28.7 Å². The molecule has 2 aromatic rings. The van der Waals surface area contributed by atoms with Crippen LogP contribution in [0.2, 0.25) is 0 Å². The van der Waals surface area contributed by atoms with Gasteiger partial charge in [-0.3, -0.25) is 0 Å². The maximum atomic E-state index is 6.25. The maximum absolute atomic E-state index is 6.25. The van der Waals surface area contributed by atoms with Crippen LogP contribution < -0.4 is 18.9 Å². The third-order valence-corrected chi connectivity index (χ3v) is 4.57. The second kappa shape index (κ2) is 7.26. The average Bonchev–Trinajstić information content (AvgIpc) is 2.63. The molecule has 128 valence electrons. The Balaban J connectivity index is 2.23. The highest BCUT2D eigenvalue weighted by atomic mass is 32.1. The van der Waals surface area contributed by atoms with Crippen molar-refractivity contribution in [1.82, 2.24) is 0 Å². The first-order valence-electron chi connectivity index (χ1n) is 7.95. The van der Waals surface area contributed by atoms with Crippen LogP contribution in [0.3, 0.4) is 0 Å². The number of rotatable bonds is 6. The number of para-hydroxylation sites is 1. The lowest BCUT2D eigenvalue weighted by Gasteiger charge is -2.27. The second-order valence-corrected chi connectivity index (χ2v) is 6.05. The maximum Gasteiger partial charge on any atom is 0.204 e. The summed E-state index contributed by atoms with van der Waals surface area (Å²) in [6.07, 6.45) is 2.47. The molecule has 0 amide bonds. The number of hydrogen-bond acceptors (Lipinski definition) is 5. The number of ether oxygens (including phenoxy) is 4. The molecular formula is C19H22O4S. The van der Waals surface area contributed by atoms with Crippen LogP contribution in [-0.4, -0.2) is 27.1 Å². The van der Waals surface area contributed by atoms with Gasteiger partial charge in [-0.05, 0) is 30.2 Å². The molecule has 0 aliphatic carbocycles. The topological polar surface area (TPSA) is 36.9 Å². The lowest BCUT2D eigenvalue weighted by atomic mass is 9.94. The summed E-state index contributed by atoms with van der Waals surface area (Å²) in [5, 5.41) is 0. The molecule has 24 heavy (non-hydrogen) atoms. The minimum Gasteiger partial charge on any atom is -0.492 e. The summed E-state index contributed by atoms with van der Waals surface area (Å²) >= 11 is 4.34. The van der Waals surface area contributed by atoms with E-state index in [-0.39, 0.29) is 0 Å². The van der Waals surface area contributed by atoms with Crippen molar-refractivity contribution in [3.05, 3.63) is 41.0 Å². The van der Waals surface area contributed by atoms with Gasteiger partial charge in [0, 0.05) is 17.5 Å². The molecule has 5 heteroatoms. The third-order valence-electron chi connectivity index (χ3n) is 4.26. The van der Waals surface area contributed by atoms with Crippen molar-refractivity contribution in [2.75, 3.05) is 27.1 Å². The highest BCUT2D eigenvalue weighted by Gasteiger charge is 2.30. The quantitative estimate of drug-likeness (QED) is 0.676. The highest BCUT2D eigenvalue weighted by Crippen LogP contribution is 2.53. The summed E-state index contributed by atoms with van der Waals surface area (Å²) in [6.45, 7) is 0. The van der Waals surface area contributed by atoms with Gasteiger partial charge in [0.15, 0.2) is 11.5 Å². The van der Waals surface area contributed by atoms with Crippen LogP contribution in [0.15, 0.2) is 24.3 Å². The molecular weight excluding hydrogens is 324 g/mol. The van der Waals surface area contributed by atoms with Crippen molar-refractivity contribution in [2.45, 2.75) is 19.3 Å². The molecule has 0 N–H and O–H groups in total. The van der Waals surface area contributed by atoms with E-state index in [4.69, 9.17) is 18.9 Å². The van der Waals surface area contributed by atoms with Crippen LogP contribution in [0, 0.1) is 0 Å². The molecule has 0 spiro atoms. The number of thiol groups is 1. The third kappa shape index (κ3) is 2.77. The lowest BCUT2D eigenvalue weighted by Crippen LogP contribution is -2.11. The Bertz CT molecular complexity index is 743. The van der Waals surface area contributed by atoms with Crippen molar-refractivity contribution >= 4 is 12.6 Å². The van der Waals surface area contributed by atoms with E-state index in [0.29, 0.717) is 17.2 Å². The smallest absolute Gasteiger partial charge is 0.204 e. The standard InChI is InChI=1S/C19H22O4S/c1-20-17-13(8-6-10-24)16-14(18(21-2)19(17)22-3)11-12-7-4-5-9-15(12)23-16/h4-5,7,9,24H,6,8,10-11H2,1-3H3. The van der Waals surface area contributed by atoms with E-state index < -0.39 is 0 Å². The predicted molar refractivity (Wildman–Crippen MR) is 97.6 cm³/mol. The zero-order valence-corrected chi connectivity index (χ0v) is 15.1. The molecule has 0 fully saturated rings. The number of fused-ring (bicyclic) bond motifs is 2. The van der Waals surface area contributed by atoms with E-state index in [1.165, 1.54) is 0 Å². The van der Waals surface area contributed by atoms with Crippen LogP contribution in [-0.2, 0) is 12.8 Å². The first kappa shape index (κ1) is 16.8. The van der Waals surface area contributed by atoms with Crippen molar-refractivity contribution in [3.63, 3.8) is 0 Å². The summed E-state index contributed by atoms with van der Waals surface area (Å²) < 4.78 is 23.2. The van der Waals surface area contributed by atoms with Gasteiger partial charge in [0.2, 0.25) is 5.75 Å². The molecule has 0 saturated heterocycles. The first-order chi connectivity index (χ1) is 11.7. The fourth-order valence-corrected chi connectivity index (χ4v) is 3.36. The van der Waals surface area contributed by atoms with E-state index in [2.05, 4.69) is 18.7 Å². The first-order valence-corrected chi connectivity index (χ1v) is 8.58. The summed E-state index contributed by atoms with van der Waals surface area (Å²) in [5.74, 6) is 4.47. The summed E-state index contributed by atoms with van der Waals surface area (Å²) in [6, 6.07) is 8.06. The van der Waals surface area contributed by atoms with Gasteiger partial charge in [-0.2, -0.15) is 12.6 Å². The van der Waals surface area contributed by atoms with Gasteiger partial charge in [-0.1, -0.05) is 18.2 Å². The van der Waals surface area contributed by atoms with Crippen molar-refractivity contribution in [3.8, 4) is 28.7 Å². The van der Waals surface area contributed by atoms with Crippen LogP contribution in [0.25, 0.3) is 0 Å². The monoisotopic (exact) mass is 346 g/mol. The molecule has 0 bridgehead atoms. The normalized spacial score (nSPS) is 12.0. The molecule has 2 aromatic carbocycles. The molecule has 0 radical (unpaired) electrons. The highest BCUT2D eigenvalue weighted by molar-refractivity contribution is 7.80. The van der Waals surface area contributed by atoms with Gasteiger partial charge in [0.1, 0.15) is 11.5 Å². The van der Waals surface area contributed by atoms with E-state index >= 15 is 0 Å². The van der Waals surface area contributed by atoms with Gasteiger partial charge >= 0.3 is 0 Å². The predicted octanol–water partition coefficient (Wildman–Crippen LogP) is 4.27. The molecule has 1 aliphatic heterocycles. The summed E-state index contributed by atoms with van der Waals surface area (Å²) in [5.41, 5.74) is 3.15. The fourth-order valence-electron chi connectivity index (χ4n) is 3.20. The van der Waals surface area contributed by atoms with Crippen LogP contribution in [0.4, 0.5) is 0 Å².